The Bertz CT molecular complexity index is 908. The molecule has 1 amide bonds. The second-order valence-electron chi connectivity index (χ2n) is 8.47. The van der Waals surface area contributed by atoms with E-state index in [1.807, 2.05) is 41.3 Å². The third-order valence-corrected chi connectivity index (χ3v) is 6.40. The van der Waals surface area contributed by atoms with Crippen molar-refractivity contribution in [2.24, 2.45) is 5.92 Å². The molecule has 30 heavy (non-hydrogen) atoms. The van der Waals surface area contributed by atoms with E-state index >= 15 is 0 Å². The van der Waals surface area contributed by atoms with Gasteiger partial charge in [-0.25, -0.2) is 4.79 Å². The number of hydrogen-bond acceptors (Lipinski definition) is 4. The van der Waals surface area contributed by atoms with Gasteiger partial charge >= 0.3 is 5.97 Å². The third kappa shape index (κ3) is 4.40. The Balaban J connectivity index is 1.38. The largest absolute Gasteiger partial charge is 0.478 e. The first-order chi connectivity index (χ1) is 14.4. The summed E-state index contributed by atoms with van der Waals surface area (Å²) in [5, 5.41) is 9.19. The van der Waals surface area contributed by atoms with Gasteiger partial charge in [-0.3, -0.25) is 9.69 Å². The Morgan fingerprint density at radius 3 is 2.57 bits per heavy atom. The highest BCUT2D eigenvalue weighted by Gasteiger charge is 2.43. The summed E-state index contributed by atoms with van der Waals surface area (Å²) in [4.78, 5) is 27.9. The third-order valence-electron chi connectivity index (χ3n) is 6.40. The number of benzene rings is 2. The zero-order valence-electron chi connectivity index (χ0n) is 17.3. The molecule has 0 unspecified atom stereocenters. The number of morpholine rings is 1. The topological polar surface area (TPSA) is 70.1 Å². The Morgan fingerprint density at radius 2 is 1.87 bits per heavy atom. The fourth-order valence-corrected chi connectivity index (χ4v) is 4.61. The van der Waals surface area contributed by atoms with Crippen LogP contribution in [0.3, 0.4) is 0 Å². The number of rotatable bonds is 5. The number of anilines is 1. The zero-order valence-corrected chi connectivity index (χ0v) is 17.3. The molecule has 2 aromatic carbocycles. The molecule has 2 aliphatic heterocycles. The van der Waals surface area contributed by atoms with Crippen molar-refractivity contribution in [1.29, 1.82) is 0 Å². The Labute approximate surface area is 177 Å². The maximum absolute atomic E-state index is 12.4. The normalized spacial score (nSPS) is 23.5. The van der Waals surface area contributed by atoms with Crippen LogP contribution < -0.4 is 4.90 Å². The van der Waals surface area contributed by atoms with Crippen LogP contribution in [0, 0.1) is 5.92 Å². The van der Waals surface area contributed by atoms with E-state index in [-0.39, 0.29) is 18.1 Å². The lowest BCUT2D eigenvalue weighted by Crippen LogP contribution is -2.58. The van der Waals surface area contributed by atoms with Crippen LogP contribution >= 0.6 is 0 Å². The van der Waals surface area contributed by atoms with Crippen LogP contribution in [0.1, 0.15) is 35.7 Å². The number of carbonyl (C=O) groups is 2. The molecule has 0 spiro atoms. The number of likely N-dealkylation sites (tertiary alicyclic amines) is 1. The first-order valence-electron chi connectivity index (χ1n) is 10.5. The second kappa shape index (κ2) is 8.58. The lowest BCUT2D eigenvalue weighted by Gasteiger charge is -2.47. The van der Waals surface area contributed by atoms with Crippen molar-refractivity contribution in [1.82, 2.24) is 4.90 Å². The first kappa shape index (κ1) is 20.6. The highest BCUT2D eigenvalue weighted by molar-refractivity contribution is 5.95. The number of amides is 1. The summed E-state index contributed by atoms with van der Waals surface area (Å²) in [7, 11) is 0. The molecule has 2 aliphatic rings. The maximum atomic E-state index is 12.4. The lowest BCUT2D eigenvalue weighted by molar-refractivity contribution is -0.146. The van der Waals surface area contributed by atoms with Crippen LogP contribution in [0.4, 0.5) is 5.69 Å². The van der Waals surface area contributed by atoms with Gasteiger partial charge in [0.1, 0.15) is 6.61 Å². The van der Waals surface area contributed by atoms with Gasteiger partial charge in [0.15, 0.2) is 0 Å². The van der Waals surface area contributed by atoms with Gasteiger partial charge in [-0.05, 0) is 68.6 Å². The van der Waals surface area contributed by atoms with Crippen molar-refractivity contribution in [3.8, 4) is 0 Å². The molecule has 1 N–H and O–H groups in total. The summed E-state index contributed by atoms with van der Waals surface area (Å²) in [5.41, 5.74) is 1.91. The average molecular weight is 408 g/mol. The van der Waals surface area contributed by atoms with Gasteiger partial charge in [-0.2, -0.15) is 0 Å². The van der Waals surface area contributed by atoms with Crippen molar-refractivity contribution in [3.05, 3.63) is 65.7 Å². The Hall–Kier alpha value is -2.70. The lowest BCUT2D eigenvalue weighted by atomic mass is 9.80. The van der Waals surface area contributed by atoms with E-state index in [9.17, 15) is 14.7 Å². The van der Waals surface area contributed by atoms with Crippen LogP contribution in [-0.4, -0.2) is 53.7 Å². The van der Waals surface area contributed by atoms with Gasteiger partial charge in [-0.15, -0.1) is 0 Å². The number of para-hydroxylation sites is 1. The van der Waals surface area contributed by atoms with E-state index in [1.54, 1.807) is 18.2 Å². The zero-order chi connectivity index (χ0) is 21.1. The molecule has 0 bridgehead atoms. The van der Waals surface area contributed by atoms with Crippen molar-refractivity contribution in [3.63, 3.8) is 0 Å². The monoisotopic (exact) mass is 408 g/mol. The van der Waals surface area contributed by atoms with Crippen LogP contribution in [0.15, 0.2) is 54.6 Å². The molecule has 6 nitrogen and oxygen atoms in total. The van der Waals surface area contributed by atoms with Gasteiger partial charge in [0.25, 0.3) is 5.91 Å². The predicted octanol–water partition coefficient (Wildman–Crippen LogP) is 3.42. The van der Waals surface area contributed by atoms with E-state index in [2.05, 4.69) is 11.8 Å². The van der Waals surface area contributed by atoms with E-state index in [0.29, 0.717) is 18.0 Å². The molecule has 4 rings (SSSR count). The first-order valence-corrected chi connectivity index (χ1v) is 10.5. The summed E-state index contributed by atoms with van der Waals surface area (Å²) >= 11 is 0. The van der Waals surface area contributed by atoms with Crippen LogP contribution in [0.25, 0.3) is 0 Å². The summed E-state index contributed by atoms with van der Waals surface area (Å²) < 4.78 is 6.09. The second-order valence-corrected chi connectivity index (χ2v) is 8.47. The highest BCUT2D eigenvalue weighted by atomic mass is 16.5. The minimum atomic E-state index is -0.893. The molecule has 1 atom stereocenters. The Kier molecular flexibility index (Phi) is 5.88. The van der Waals surface area contributed by atoms with Gasteiger partial charge in [0, 0.05) is 12.2 Å². The molecule has 0 radical (unpaired) electrons. The van der Waals surface area contributed by atoms with Crippen molar-refractivity contribution in [2.75, 3.05) is 31.1 Å². The molecule has 158 valence electrons. The smallest absolute Gasteiger partial charge is 0.335 e. The van der Waals surface area contributed by atoms with Gasteiger partial charge < -0.3 is 14.7 Å². The minimum Gasteiger partial charge on any atom is -0.478 e. The number of carboxylic acids is 1. The number of nitrogens with zero attached hydrogens (tertiary/aromatic N) is 2. The number of hydrogen-bond donors (Lipinski definition) is 1. The highest BCUT2D eigenvalue weighted by Crippen LogP contribution is 2.36. The average Bonchev–Trinajstić information content (AvgIpc) is 2.77. The Morgan fingerprint density at radius 1 is 1.13 bits per heavy atom. The van der Waals surface area contributed by atoms with E-state index in [4.69, 9.17) is 4.74 Å². The molecule has 0 aromatic heterocycles. The number of piperidine rings is 1. The number of ether oxygens (including phenoxy) is 1. The molecule has 2 fully saturated rings. The van der Waals surface area contributed by atoms with Crippen LogP contribution in [0.5, 0.6) is 0 Å². The number of carboxylic acid groups (broad SMARTS) is 1. The summed E-state index contributed by atoms with van der Waals surface area (Å²) in [6.45, 7) is 5.43. The van der Waals surface area contributed by atoms with Gasteiger partial charge in [0.05, 0.1) is 17.7 Å². The fourth-order valence-electron chi connectivity index (χ4n) is 4.61. The van der Waals surface area contributed by atoms with E-state index in [0.717, 1.165) is 43.7 Å². The summed E-state index contributed by atoms with van der Waals surface area (Å²) in [6, 6.07) is 17.0. The van der Waals surface area contributed by atoms with E-state index < -0.39 is 5.97 Å². The SMILES string of the molecule is C[C@@]1(C2CCN(Cc3cccc(C(=O)O)c3)CC2)CN(c2ccccc2)C(=O)CO1. The summed E-state index contributed by atoms with van der Waals surface area (Å²) in [6.07, 6.45) is 1.98. The molecule has 0 saturated carbocycles. The van der Waals surface area contributed by atoms with Crippen molar-refractivity contribution >= 4 is 17.6 Å². The number of aromatic carboxylic acids is 1. The molecule has 0 aliphatic carbocycles. The van der Waals surface area contributed by atoms with E-state index in [1.165, 1.54) is 0 Å². The molecule has 2 saturated heterocycles. The van der Waals surface area contributed by atoms with Crippen LogP contribution in [0.2, 0.25) is 0 Å². The minimum absolute atomic E-state index is 0.00873. The molecule has 6 heteroatoms. The molecule has 2 aromatic rings. The summed E-state index contributed by atoms with van der Waals surface area (Å²) in [5.74, 6) is -0.511. The molecule has 2 heterocycles. The maximum Gasteiger partial charge on any atom is 0.335 e. The van der Waals surface area contributed by atoms with Crippen LogP contribution in [-0.2, 0) is 16.1 Å². The fraction of sp³-hybridized carbons (Fsp3) is 0.417. The van der Waals surface area contributed by atoms with Gasteiger partial charge in [-0.1, -0.05) is 30.3 Å². The van der Waals surface area contributed by atoms with Crippen molar-refractivity contribution in [2.45, 2.75) is 31.9 Å². The van der Waals surface area contributed by atoms with Gasteiger partial charge in [0.2, 0.25) is 0 Å². The quantitative estimate of drug-likeness (QED) is 0.821. The van der Waals surface area contributed by atoms with Crippen molar-refractivity contribution < 1.29 is 19.4 Å². The number of carbonyl (C=O) groups excluding carboxylic acids is 1. The molecular formula is C24H28N2O4. The standard InChI is InChI=1S/C24H28N2O4/c1-24(17-26(22(27)16-30-24)21-8-3-2-4-9-21)20-10-12-25(13-11-20)15-18-6-5-7-19(14-18)23(28)29/h2-9,14,20H,10-13,15-17H2,1H3,(H,28,29)/t24-/m0/s1. The predicted molar refractivity (Wildman–Crippen MR) is 115 cm³/mol. The molecular weight excluding hydrogens is 380 g/mol.